The molecule has 1 aliphatic rings. The molecular weight excluding hydrogens is 307 g/mol. The Morgan fingerprint density at radius 2 is 2.12 bits per heavy atom. The Morgan fingerprint density at radius 1 is 1.47 bits per heavy atom. The Balaban J connectivity index is 0.00000144. The maximum absolute atomic E-state index is 12.0. The monoisotopic (exact) mass is 322 g/mol. The molecule has 0 aliphatic carbocycles. The highest BCUT2D eigenvalue weighted by Crippen LogP contribution is 2.18. The van der Waals surface area contributed by atoms with Crippen LogP contribution in [0.15, 0.2) is 21.2 Å². The molecule has 4 nitrogen and oxygen atoms in total. The zero-order chi connectivity index (χ0) is 11.5. The van der Waals surface area contributed by atoms with Crippen molar-refractivity contribution < 1.29 is 9.21 Å². The Kier molecular flexibility index (Phi) is 5.49. The molecule has 0 aromatic carbocycles. The van der Waals surface area contributed by atoms with E-state index >= 15 is 0 Å². The predicted molar refractivity (Wildman–Crippen MR) is 71.6 cm³/mol. The number of amides is 1. The second-order valence-electron chi connectivity index (χ2n) is 4.00. The normalized spacial score (nSPS) is 16.4. The van der Waals surface area contributed by atoms with E-state index in [4.69, 9.17) is 4.42 Å². The number of nitrogens with zero attached hydrogens (tertiary/aromatic N) is 1. The first-order chi connectivity index (χ1) is 7.68. The summed E-state index contributed by atoms with van der Waals surface area (Å²) in [5, 5.41) is 3.28. The lowest BCUT2D eigenvalue weighted by Crippen LogP contribution is -2.43. The van der Waals surface area contributed by atoms with Gasteiger partial charge in [-0.3, -0.25) is 4.79 Å². The summed E-state index contributed by atoms with van der Waals surface area (Å²) in [7, 11) is 1.84. The lowest BCUT2D eigenvalue weighted by atomic mass is 10.1. The van der Waals surface area contributed by atoms with Gasteiger partial charge in [-0.1, -0.05) is 0 Å². The summed E-state index contributed by atoms with van der Waals surface area (Å²) in [6.45, 7) is 1.95. The maximum Gasteiger partial charge on any atom is 0.289 e. The molecule has 0 atom stereocenters. The number of hydrogen-bond acceptors (Lipinski definition) is 3. The van der Waals surface area contributed by atoms with Crippen molar-refractivity contribution in [3.05, 3.63) is 22.6 Å². The third-order valence-electron chi connectivity index (χ3n) is 2.96. The van der Waals surface area contributed by atoms with Crippen LogP contribution < -0.4 is 5.32 Å². The molecule has 1 aromatic rings. The van der Waals surface area contributed by atoms with Crippen LogP contribution >= 0.6 is 28.3 Å². The summed E-state index contributed by atoms with van der Waals surface area (Å²) in [6.07, 6.45) is 2.01. The molecule has 0 unspecified atom stereocenters. The van der Waals surface area contributed by atoms with Gasteiger partial charge in [0.1, 0.15) is 0 Å². The minimum Gasteiger partial charge on any atom is -0.444 e. The fraction of sp³-hybridized carbons (Fsp3) is 0.545. The Morgan fingerprint density at radius 3 is 2.65 bits per heavy atom. The molecule has 17 heavy (non-hydrogen) atoms. The first-order valence-electron chi connectivity index (χ1n) is 5.41. The van der Waals surface area contributed by atoms with E-state index in [9.17, 15) is 4.79 Å². The highest BCUT2D eigenvalue weighted by Gasteiger charge is 2.24. The lowest BCUT2D eigenvalue weighted by Gasteiger charge is -2.31. The van der Waals surface area contributed by atoms with Crippen LogP contribution in [0.3, 0.4) is 0 Å². The second kappa shape index (κ2) is 6.42. The molecule has 0 saturated carbocycles. The Labute approximate surface area is 115 Å². The third kappa shape index (κ3) is 3.47. The fourth-order valence-electron chi connectivity index (χ4n) is 1.96. The van der Waals surface area contributed by atoms with Gasteiger partial charge in [0.2, 0.25) is 0 Å². The standard InChI is InChI=1S/C11H15BrN2O2.ClH/c1-14(8-4-6-13-7-5-8)11(15)9-2-3-10(12)16-9;/h2-3,8,13H,4-7H2,1H3;1H. The third-order valence-corrected chi connectivity index (χ3v) is 3.39. The van der Waals surface area contributed by atoms with Gasteiger partial charge in [0, 0.05) is 13.1 Å². The predicted octanol–water partition coefficient (Wildman–Crippen LogP) is 2.29. The number of carbonyl (C=O) groups excluding carboxylic acids is 1. The Hall–Kier alpha value is -0.520. The quantitative estimate of drug-likeness (QED) is 0.908. The Bertz CT molecular complexity index is 377. The van der Waals surface area contributed by atoms with Crippen LogP contribution in [0.5, 0.6) is 0 Å². The van der Waals surface area contributed by atoms with E-state index in [1.54, 1.807) is 17.0 Å². The van der Waals surface area contributed by atoms with Crippen molar-refractivity contribution in [2.75, 3.05) is 20.1 Å². The van der Waals surface area contributed by atoms with E-state index in [0.29, 0.717) is 16.5 Å². The lowest BCUT2D eigenvalue weighted by molar-refractivity contribution is 0.0669. The summed E-state index contributed by atoms with van der Waals surface area (Å²) in [5.74, 6) is 0.352. The minimum atomic E-state index is -0.0439. The van der Waals surface area contributed by atoms with Crippen molar-refractivity contribution in [2.24, 2.45) is 0 Å². The average Bonchev–Trinajstić information content (AvgIpc) is 2.75. The number of piperidine rings is 1. The van der Waals surface area contributed by atoms with E-state index in [-0.39, 0.29) is 18.3 Å². The molecule has 6 heteroatoms. The molecule has 2 rings (SSSR count). The van der Waals surface area contributed by atoms with Gasteiger partial charge in [-0.05, 0) is 54.0 Å². The van der Waals surface area contributed by atoms with E-state index < -0.39 is 0 Å². The number of carbonyl (C=O) groups is 1. The highest BCUT2D eigenvalue weighted by atomic mass is 79.9. The largest absolute Gasteiger partial charge is 0.444 e. The van der Waals surface area contributed by atoms with E-state index in [0.717, 1.165) is 25.9 Å². The molecule has 1 saturated heterocycles. The van der Waals surface area contributed by atoms with E-state index in [1.165, 1.54) is 0 Å². The van der Waals surface area contributed by atoms with Crippen LogP contribution in [-0.2, 0) is 0 Å². The van der Waals surface area contributed by atoms with Crippen LogP contribution in [0.25, 0.3) is 0 Å². The molecular formula is C11H16BrClN2O2. The number of hydrogen-bond donors (Lipinski definition) is 1. The van der Waals surface area contributed by atoms with Gasteiger partial charge in [-0.25, -0.2) is 0 Å². The fourth-order valence-corrected chi connectivity index (χ4v) is 2.27. The number of furan rings is 1. The molecule has 1 aliphatic heterocycles. The first kappa shape index (κ1) is 14.5. The first-order valence-corrected chi connectivity index (χ1v) is 6.21. The topological polar surface area (TPSA) is 45.5 Å². The van der Waals surface area contributed by atoms with Crippen LogP contribution in [-0.4, -0.2) is 37.0 Å². The minimum absolute atomic E-state index is 0. The van der Waals surface area contributed by atoms with Gasteiger partial charge in [0.05, 0.1) is 0 Å². The van der Waals surface area contributed by atoms with Crippen LogP contribution in [0.4, 0.5) is 0 Å². The van der Waals surface area contributed by atoms with Crippen molar-refractivity contribution in [1.29, 1.82) is 0 Å². The maximum atomic E-state index is 12.0. The molecule has 0 radical (unpaired) electrons. The van der Waals surface area contributed by atoms with E-state index in [2.05, 4.69) is 21.2 Å². The average molecular weight is 324 g/mol. The molecule has 1 N–H and O–H groups in total. The molecule has 1 aromatic heterocycles. The summed E-state index contributed by atoms with van der Waals surface area (Å²) in [4.78, 5) is 13.8. The van der Waals surface area contributed by atoms with Crippen LogP contribution in [0, 0.1) is 0 Å². The van der Waals surface area contributed by atoms with Crippen molar-refractivity contribution in [3.63, 3.8) is 0 Å². The van der Waals surface area contributed by atoms with Gasteiger partial charge in [-0.2, -0.15) is 0 Å². The van der Waals surface area contributed by atoms with Crippen molar-refractivity contribution in [3.8, 4) is 0 Å². The number of halogens is 2. The van der Waals surface area contributed by atoms with Crippen LogP contribution in [0.1, 0.15) is 23.4 Å². The molecule has 0 bridgehead atoms. The zero-order valence-electron chi connectivity index (χ0n) is 9.61. The molecule has 2 heterocycles. The molecule has 96 valence electrons. The molecule has 0 spiro atoms. The van der Waals surface area contributed by atoms with Gasteiger partial charge in [-0.15, -0.1) is 12.4 Å². The number of nitrogens with one attached hydrogen (secondary N) is 1. The van der Waals surface area contributed by atoms with Crippen molar-refractivity contribution in [1.82, 2.24) is 10.2 Å². The molecule has 1 amide bonds. The van der Waals surface area contributed by atoms with Gasteiger partial charge < -0.3 is 14.6 Å². The number of rotatable bonds is 2. The SMILES string of the molecule is CN(C(=O)c1ccc(Br)o1)C1CCNCC1.Cl. The summed E-state index contributed by atoms with van der Waals surface area (Å²) >= 11 is 3.20. The molecule has 1 fully saturated rings. The summed E-state index contributed by atoms with van der Waals surface area (Å²) in [6, 6.07) is 3.76. The smallest absolute Gasteiger partial charge is 0.289 e. The second-order valence-corrected chi connectivity index (χ2v) is 4.78. The van der Waals surface area contributed by atoms with Gasteiger partial charge >= 0.3 is 0 Å². The van der Waals surface area contributed by atoms with Gasteiger partial charge in [0.15, 0.2) is 10.4 Å². The van der Waals surface area contributed by atoms with Crippen molar-refractivity contribution in [2.45, 2.75) is 18.9 Å². The van der Waals surface area contributed by atoms with Crippen molar-refractivity contribution >= 4 is 34.2 Å². The van der Waals surface area contributed by atoms with E-state index in [1.807, 2.05) is 7.05 Å². The van der Waals surface area contributed by atoms with Gasteiger partial charge in [0.25, 0.3) is 5.91 Å². The highest BCUT2D eigenvalue weighted by molar-refractivity contribution is 9.10. The zero-order valence-corrected chi connectivity index (χ0v) is 12.0. The van der Waals surface area contributed by atoms with Crippen LogP contribution in [0.2, 0.25) is 0 Å². The summed E-state index contributed by atoms with van der Waals surface area (Å²) in [5.41, 5.74) is 0. The summed E-state index contributed by atoms with van der Waals surface area (Å²) < 4.78 is 5.86.